The molecule has 2 rings (SSSR count). The van der Waals surface area contributed by atoms with Crippen LogP contribution in [0, 0.1) is 0 Å². The lowest BCUT2D eigenvalue weighted by atomic mass is 10.2. The van der Waals surface area contributed by atoms with Crippen molar-refractivity contribution in [1.29, 1.82) is 0 Å². The van der Waals surface area contributed by atoms with Crippen molar-refractivity contribution >= 4 is 26.7 Å². The molecule has 0 saturated heterocycles. The number of benzene rings is 1. The maximum atomic E-state index is 12.3. The van der Waals surface area contributed by atoms with E-state index >= 15 is 0 Å². The Morgan fingerprint density at radius 3 is 2.68 bits per heavy atom. The van der Waals surface area contributed by atoms with Crippen LogP contribution in [0.1, 0.15) is 13.8 Å². The number of sulfonamides is 1. The summed E-state index contributed by atoms with van der Waals surface area (Å²) in [5.74, 6) is -0.234. The topological polar surface area (TPSA) is 76.1 Å². The highest BCUT2D eigenvalue weighted by Gasteiger charge is 2.21. The van der Waals surface area contributed by atoms with Gasteiger partial charge in [0, 0.05) is 11.6 Å². The zero-order valence-corrected chi connectivity index (χ0v) is 11.4. The van der Waals surface area contributed by atoms with Crippen molar-refractivity contribution in [3.63, 3.8) is 0 Å². The first-order valence-electron chi connectivity index (χ1n) is 5.78. The second kappa shape index (κ2) is 5.07. The molecule has 19 heavy (non-hydrogen) atoms. The molecule has 1 atom stereocenters. The number of hydrogen-bond donors (Lipinski definition) is 1. The van der Waals surface area contributed by atoms with Crippen molar-refractivity contribution in [1.82, 2.24) is 9.71 Å². The summed E-state index contributed by atoms with van der Waals surface area (Å²) >= 11 is 0. The highest BCUT2D eigenvalue weighted by Crippen LogP contribution is 2.21. The van der Waals surface area contributed by atoms with E-state index in [0.717, 1.165) is 0 Å². The molecule has 0 aliphatic rings. The van der Waals surface area contributed by atoms with E-state index in [-0.39, 0.29) is 10.7 Å². The summed E-state index contributed by atoms with van der Waals surface area (Å²) in [7, 11) is -3.74. The highest BCUT2D eigenvalue weighted by atomic mass is 32.2. The Balaban J connectivity index is 2.52. The molecule has 1 unspecified atom stereocenters. The smallest absolute Gasteiger partial charge is 0.241 e. The van der Waals surface area contributed by atoms with Gasteiger partial charge in [-0.2, -0.15) is 0 Å². The third-order valence-electron chi connectivity index (χ3n) is 2.84. The number of nitrogens with zero attached hydrogens (tertiary/aromatic N) is 1. The molecule has 1 aromatic heterocycles. The van der Waals surface area contributed by atoms with Crippen molar-refractivity contribution in [3.05, 3.63) is 36.5 Å². The van der Waals surface area contributed by atoms with Crippen LogP contribution in [0.15, 0.2) is 41.4 Å². The molecule has 0 amide bonds. The normalized spacial score (nSPS) is 13.4. The fourth-order valence-corrected chi connectivity index (χ4v) is 3.17. The summed E-state index contributed by atoms with van der Waals surface area (Å²) < 4.78 is 26.9. The Labute approximate surface area is 111 Å². The Hall–Kier alpha value is -1.79. The van der Waals surface area contributed by atoms with Gasteiger partial charge in [-0.25, -0.2) is 13.1 Å². The number of carbonyl (C=O) groups excluding carboxylic acids is 1. The number of aromatic nitrogens is 1. The minimum Gasteiger partial charge on any atom is -0.298 e. The number of pyridine rings is 1. The maximum Gasteiger partial charge on any atom is 0.241 e. The van der Waals surface area contributed by atoms with Crippen molar-refractivity contribution < 1.29 is 13.2 Å². The third-order valence-corrected chi connectivity index (χ3v) is 4.44. The van der Waals surface area contributed by atoms with Gasteiger partial charge in [-0.3, -0.25) is 9.78 Å². The number of hydrogen-bond acceptors (Lipinski definition) is 4. The molecule has 6 heteroatoms. The molecule has 5 nitrogen and oxygen atoms in total. The average molecular weight is 278 g/mol. The molecule has 0 saturated carbocycles. The second-order valence-corrected chi connectivity index (χ2v) is 5.96. The fourth-order valence-electron chi connectivity index (χ4n) is 1.69. The van der Waals surface area contributed by atoms with E-state index in [0.29, 0.717) is 10.9 Å². The first-order valence-corrected chi connectivity index (χ1v) is 7.26. The largest absolute Gasteiger partial charge is 0.298 e. The van der Waals surface area contributed by atoms with Crippen molar-refractivity contribution in [3.8, 4) is 0 Å². The summed E-state index contributed by atoms with van der Waals surface area (Å²) in [6, 6.07) is 7.48. The Morgan fingerprint density at radius 1 is 1.26 bits per heavy atom. The van der Waals surface area contributed by atoms with E-state index in [9.17, 15) is 13.2 Å². The van der Waals surface area contributed by atoms with Crippen molar-refractivity contribution in [2.45, 2.75) is 24.8 Å². The molecular formula is C13H14N2O3S. The molecule has 1 aromatic carbocycles. The number of nitrogens with one attached hydrogen (secondary N) is 1. The van der Waals surface area contributed by atoms with Gasteiger partial charge in [-0.1, -0.05) is 6.07 Å². The van der Waals surface area contributed by atoms with Crippen molar-refractivity contribution in [2.75, 3.05) is 0 Å². The molecule has 0 aliphatic heterocycles. The zero-order valence-electron chi connectivity index (χ0n) is 10.6. The fraction of sp³-hybridized carbons (Fsp3) is 0.231. The Morgan fingerprint density at radius 2 is 2.00 bits per heavy atom. The van der Waals surface area contributed by atoms with Gasteiger partial charge in [0.15, 0.2) is 0 Å². The van der Waals surface area contributed by atoms with Crippen LogP contribution in [0.2, 0.25) is 0 Å². The number of ketones is 1. The van der Waals surface area contributed by atoms with Gasteiger partial charge in [0.1, 0.15) is 5.78 Å². The summed E-state index contributed by atoms with van der Waals surface area (Å²) in [5, 5.41) is 0.535. The van der Waals surface area contributed by atoms with Gasteiger partial charge in [-0.15, -0.1) is 0 Å². The van der Waals surface area contributed by atoms with Crippen LogP contribution in [0.25, 0.3) is 10.9 Å². The quantitative estimate of drug-likeness (QED) is 0.919. The molecule has 1 heterocycles. The molecular weight excluding hydrogens is 264 g/mol. The molecule has 100 valence electrons. The minimum absolute atomic E-state index is 0.131. The number of carbonyl (C=O) groups is 1. The maximum absolute atomic E-state index is 12.3. The lowest BCUT2D eigenvalue weighted by Gasteiger charge is -2.12. The van der Waals surface area contributed by atoms with Crippen LogP contribution in [-0.4, -0.2) is 25.2 Å². The van der Waals surface area contributed by atoms with Gasteiger partial charge in [0.05, 0.1) is 16.5 Å². The van der Waals surface area contributed by atoms with Gasteiger partial charge in [0.25, 0.3) is 0 Å². The molecule has 0 fully saturated rings. The second-order valence-electron chi connectivity index (χ2n) is 4.28. The summed E-state index contributed by atoms with van der Waals surface area (Å²) in [4.78, 5) is 15.4. The van der Waals surface area contributed by atoms with Gasteiger partial charge in [-0.05, 0) is 38.1 Å². The molecule has 0 radical (unpaired) electrons. The van der Waals surface area contributed by atoms with Crippen LogP contribution in [0.4, 0.5) is 0 Å². The van der Waals surface area contributed by atoms with E-state index in [1.807, 2.05) is 0 Å². The van der Waals surface area contributed by atoms with E-state index < -0.39 is 16.1 Å². The van der Waals surface area contributed by atoms with Crippen molar-refractivity contribution in [2.24, 2.45) is 0 Å². The van der Waals surface area contributed by atoms with Gasteiger partial charge in [0.2, 0.25) is 10.0 Å². The third kappa shape index (κ3) is 2.80. The summed E-state index contributed by atoms with van der Waals surface area (Å²) in [6.07, 6.45) is 1.60. The highest BCUT2D eigenvalue weighted by molar-refractivity contribution is 7.89. The molecule has 2 aromatic rings. The predicted molar refractivity (Wildman–Crippen MR) is 72.2 cm³/mol. The predicted octanol–water partition coefficient (Wildman–Crippen LogP) is 1.49. The minimum atomic E-state index is -3.74. The number of Topliss-reactive ketones (excluding diaryl/α,β-unsaturated/α-hetero) is 1. The standard InChI is InChI=1S/C13H14N2O3S/c1-9(10(2)16)15-19(17,18)13-7-3-6-12-11(13)5-4-8-14-12/h3-9,15H,1-2H3. The zero-order chi connectivity index (χ0) is 14.0. The molecule has 1 N–H and O–H groups in total. The van der Waals surface area contributed by atoms with E-state index in [4.69, 9.17) is 0 Å². The summed E-state index contributed by atoms with van der Waals surface area (Å²) in [6.45, 7) is 2.86. The monoisotopic (exact) mass is 278 g/mol. The lowest BCUT2D eigenvalue weighted by molar-refractivity contribution is -0.118. The average Bonchev–Trinajstić information content (AvgIpc) is 2.37. The van der Waals surface area contributed by atoms with Gasteiger partial charge >= 0.3 is 0 Å². The van der Waals surface area contributed by atoms with E-state index in [1.54, 1.807) is 30.5 Å². The Kier molecular flexibility index (Phi) is 3.64. The van der Waals surface area contributed by atoms with Crippen LogP contribution in [-0.2, 0) is 14.8 Å². The Bertz CT molecular complexity index is 720. The van der Waals surface area contributed by atoms with Crippen LogP contribution < -0.4 is 4.72 Å². The van der Waals surface area contributed by atoms with Crippen LogP contribution >= 0.6 is 0 Å². The SMILES string of the molecule is CC(=O)C(C)NS(=O)(=O)c1cccc2ncccc12. The van der Waals surface area contributed by atoms with E-state index in [2.05, 4.69) is 9.71 Å². The van der Waals surface area contributed by atoms with Gasteiger partial charge < -0.3 is 0 Å². The number of rotatable bonds is 4. The van der Waals surface area contributed by atoms with E-state index in [1.165, 1.54) is 19.9 Å². The summed E-state index contributed by atoms with van der Waals surface area (Å²) in [5.41, 5.74) is 0.598. The first kappa shape index (κ1) is 13.6. The molecule has 0 aliphatic carbocycles. The molecule has 0 bridgehead atoms. The lowest BCUT2D eigenvalue weighted by Crippen LogP contribution is -2.37. The van der Waals surface area contributed by atoms with Crippen LogP contribution in [0.3, 0.4) is 0 Å². The molecule has 0 spiro atoms. The first-order chi connectivity index (χ1) is 8.92. The number of fused-ring (bicyclic) bond motifs is 1. The van der Waals surface area contributed by atoms with Crippen LogP contribution in [0.5, 0.6) is 0 Å².